The van der Waals surface area contributed by atoms with Crippen LogP contribution in [0.3, 0.4) is 0 Å². The van der Waals surface area contributed by atoms with Gasteiger partial charge in [-0.3, -0.25) is 0 Å². The van der Waals surface area contributed by atoms with E-state index < -0.39 is 0 Å². The second kappa shape index (κ2) is 3.59. The van der Waals surface area contributed by atoms with Crippen LogP contribution < -0.4 is 4.74 Å². The fourth-order valence-electron chi connectivity index (χ4n) is 0.697. The maximum absolute atomic E-state index is 9.90. The van der Waals surface area contributed by atoms with E-state index in [0.29, 0.717) is 11.4 Å². The summed E-state index contributed by atoms with van der Waals surface area (Å²) >= 11 is 0. The Hall–Kier alpha value is -1.74. The molecule has 5 nitrogen and oxygen atoms in total. The highest BCUT2D eigenvalue weighted by Gasteiger charge is 2.00. The molecule has 12 heavy (non-hydrogen) atoms. The molecule has 1 aromatic heterocycles. The molecule has 0 N–H and O–H groups in total. The fourth-order valence-corrected chi connectivity index (χ4v) is 0.697. The Kier molecular flexibility index (Phi) is 2.50. The molecule has 0 fully saturated rings. The Balaban J connectivity index is 3.11. The molecule has 0 aliphatic carbocycles. The quantitative estimate of drug-likeness (QED) is 0.479. The Bertz CT molecular complexity index is 331. The molecule has 0 atom stereocenters. The van der Waals surface area contributed by atoms with Gasteiger partial charge in [-0.25, -0.2) is 9.78 Å². The van der Waals surface area contributed by atoms with Gasteiger partial charge in [-0.1, -0.05) is 0 Å². The normalized spacial score (nSPS) is 8.83. The number of aryl methyl sites for hydroxylation is 1. The molecule has 0 unspecified atom stereocenters. The van der Waals surface area contributed by atoms with Crippen LogP contribution in [0.2, 0.25) is 0 Å². The number of aromatic nitrogens is 2. The van der Waals surface area contributed by atoms with Crippen molar-refractivity contribution in [1.29, 1.82) is 0 Å². The van der Waals surface area contributed by atoms with Crippen molar-refractivity contribution in [2.45, 2.75) is 6.92 Å². The number of carbonyl (C=O) groups excluding carboxylic acids is 1. The number of hydrogen-bond acceptors (Lipinski definition) is 5. The lowest BCUT2D eigenvalue weighted by molar-refractivity contribution is 0.379. The largest absolute Gasteiger partial charge is 0.467 e. The van der Waals surface area contributed by atoms with Gasteiger partial charge in [0.15, 0.2) is 0 Å². The van der Waals surface area contributed by atoms with Crippen LogP contribution in [-0.4, -0.2) is 23.2 Å². The second-order valence-corrected chi connectivity index (χ2v) is 2.03. The first kappa shape index (κ1) is 8.36. The van der Waals surface area contributed by atoms with E-state index in [1.165, 1.54) is 19.4 Å². The smallest absolute Gasteiger partial charge is 0.316 e. The van der Waals surface area contributed by atoms with Crippen LogP contribution in [0.1, 0.15) is 5.69 Å². The van der Waals surface area contributed by atoms with E-state index in [1.54, 1.807) is 6.92 Å². The molecule has 0 amide bonds. The van der Waals surface area contributed by atoms with E-state index >= 15 is 0 Å². The molecule has 0 aliphatic rings. The Morgan fingerprint density at radius 2 is 2.42 bits per heavy atom. The van der Waals surface area contributed by atoms with E-state index in [0.717, 1.165) is 0 Å². The number of nitrogens with zero attached hydrogens (tertiary/aromatic N) is 3. The van der Waals surface area contributed by atoms with Gasteiger partial charge in [0, 0.05) is 0 Å². The summed E-state index contributed by atoms with van der Waals surface area (Å²) in [6.07, 6.45) is 2.83. The van der Waals surface area contributed by atoms with E-state index in [9.17, 15) is 4.79 Å². The van der Waals surface area contributed by atoms with Crippen LogP contribution in [0.25, 0.3) is 0 Å². The molecule has 0 radical (unpaired) electrons. The Morgan fingerprint density at radius 3 is 2.92 bits per heavy atom. The van der Waals surface area contributed by atoms with Crippen molar-refractivity contribution in [3.8, 4) is 6.01 Å². The maximum Gasteiger partial charge on any atom is 0.316 e. The molecule has 0 bridgehead atoms. The summed E-state index contributed by atoms with van der Waals surface area (Å²) in [7, 11) is 1.47. The van der Waals surface area contributed by atoms with Crippen molar-refractivity contribution >= 4 is 11.8 Å². The zero-order valence-electron chi connectivity index (χ0n) is 6.74. The molecule has 0 aromatic carbocycles. The third-order valence-corrected chi connectivity index (χ3v) is 1.28. The lowest BCUT2D eigenvalue weighted by Gasteiger charge is -1.99. The molecule has 0 saturated carbocycles. The number of methoxy groups -OCH3 is 1. The average molecular weight is 165 g/mol. The third kappa shape index (κ3) is 1.65. The van der Waals surface area contributed by atoms with Gasteiger partial charge in [0.1, 0.15) is 5.69 Å². The minimum Gasteiger partial charge on any atom is -0.467 e. The van der Waals surface area contributed by atoms with Crippen LogP contribution in [0.5, 0.6) is 6.01 Å². The fraction of sp³-hybridized carbons (Fsp3) is 0.286. The Labute approximate surface area is 69.1 Å². The van der Waals surface area contributed by atoms with Crippen LogP contribution in [0, 0.1) is 6.92 Å². The third-order valence-electron chi connectivity index (χ3n) is 1.28. The van der Waals surface area contributed by atoms with Crippen LogP contribution >= 0.6 is 0 Å². The molecular formula is C7H7N3O2. The van der Waals surface area contributed by atoms with Crippen LogP contribution in [-0.2, 0) is 4.79 Å². The van der Waals surface area contributed by atoms with Crippen molar-refractivity contribution in [2.24, 2.45) is 4.99 Å². The summed E-state index contributed by atoms with van der Waals surface area (Å²) in [5.41, 5.74) is 0.996. The first-order valence-corrected chi connectivity index (χ1v) is 3.23. The molecule has 5 heteroatoms. The predicted octanol–water partition coefficient (Wildman–Crippen LogP) is 0.761. The summed E-state index contributed by atoms with van der Waals surface area (Å²) in [5.74, 6) is 0. The number of isocyanates is 1. The predicted molar refractivity (Wildman–Crippen MR) is 41.1 cm³/mol. The number of ether oxygens (including phenoxy) is 1. The monoisotopic (exact) mass is 165 g/mol. The summed E-state index contributed by atoms with van der Waals surface area (Å²) in [6.45, 7) is 1.71. The van der Waals surface area contributed by atoms with E-state index in [2.05, 4.69) is 15.0 Å². The molecular weight excluding hydrogens is 158 g/mol. The minimum atomic E-state index is 0.261. The number of aliphatic imine (C=N–C) groups is 1. The lowest BCUT2D eigenvalue weighted by atomic mass is 10.4. The standard InChI is InChI=1S/C7H7N3O2/c1-5-6(9-4-11)3-8-7(10-5)12-2/h3H,1-2H3. The Morgan fingerprint density at radius 1 is 1.67 bits per heavy atom. The molecule has 0 aliphatic heterocycles. The van der Waals surface area contributed by atoms with Crippen molar-refractivity contribution < 1.29 is 9.53 Å². The topological polar surface area (TPSA) is 64.4 Å². The van der Waals surface area contributed by atoms with Crippen LogP contribution in [0.4, 0.5) is 5.69 Å². The summed E-state index contributed by atoms with van der Waals surface area (Å²) in [5, 5.41) is 0. The van der Waals surface area contributed by atoms with Gasteiger partial charge >= 0.3 is 6.01 Å². The highest BCUT2D eigenvalue weighted by Crippen LogP contribution is 2.15. The van der Waals surface area contributed by atoms with Crippen LogP contribution in [0.15, 0.2) is 11.2 Å². The highest BCUT2D eigenvalue weighted by atomic mass is 16.5. The van der Waals surface area contributed by atoms with Gasteiger partial charge in [0.25, 0.3) is 0 Å². The molecule has 1 rings (SSSR count). The van der Waals surface area contributed by atoms with Gasteiger partial charge in [-0.05, 0) is 6.92 Å². The zero-order chi connectivity index (χ0) is 8.97. The summed E-state index contributed by atoms with van der Waals surface area (Å²) < 4.78 is 4.77. The molecule has 1 heterocycles. The first-order chi connectivity index (χ1) is 5.77. The molecule has 62 valence electrons. The number of hydrogen-bond donors (Lipinski definition) is 0. The molecule has 0 saturated heterocycles. The first-order valence-electron chi connectivity index (χ1n) is 3.23. The minimum absolute atomic E-state index is 0.261. The zero-order valence-corrected chi connectivity index (χ0v) is 6.74. The van der Waals surface area contributed by atoms with Gasteiger partial charge < -0.3 is 4.74 Å². The highest BCUT2D eigenvalue weighted by molar-refractivity contribution is 5.49. The van der Waals surface area contributed by atoms with Crippen molar-refractivity contribution in [3.05, 3.63) is 11.9 Å². The molecule has 0 spiro atoms. The lowest BCUT2D eigenvalue weighted by Crippen LogP contribution is -1.92. The van der Waals surface area contributed by atoms with Gasteiger partial charge in [0.05, 0.1) is 19.0 Å². The SMILES string of the molecule is COc1ncc(N=C=O)c(C)n1. The van der Waals surface area contributed by atoms with Gasteiger partial charge in [0.2, 0.25) is 6.08 Å². The van der Waals surface area contributed by atoms with Crippen molar-refractivity contribution in [3.63, 3.8) is 0 Å². The van der Waals surface area contributed by atoms with E-state index in [1.807, 2.05) is 0 Å². The van der Waals surface area contributed by atoms with E-state index in [-0.39, 0.29) is 6.01 Å². The number of rotatable bonds is 2. The van der Waals surface area contributed by atoms with Gasteiger partial charge in [-0.2, -0.15) is 9.98 Å². The summed E-state index contributed by atoms with van der Waals surface area (Å²) in [6, 6.07) is 0.261. The maximum atomic E-state index is 9.90. The van der Waals surface area contributed by atoms with Gasteiger partial charge in [-0.15, -0.1) is 0 Å². The summed E-state index contributed by atoms with van der Waals surface area (Å²) in [4.78, 5) is 21.0. The van der Waals surface area contributed by atoms with E-state index in [4.69, 9.17) is 4.74 Å². The second-order valence-electron chi connectivity index (χ2n) is 2.03. The molecule has 1 aromatic rings. The average Bonchev–Trinajstić information content (AvgIpc) is 2.09. The van der Waals surface area contributed by atoms with Crippen molar-refractivity contribution in [1.82, 2.24) is 9.97 Å². The van der Waals surface area contributed by atoms with Crippen molar-refractivity contribution in [2.75, 3.05) is 7.11 Å².